The van der Waals surface area contributed by atoms with Gasteiger partial charge in [0.1, 0.15) is 12.2 Å². The maximum absolute atomic E-state index is 11.3. The van der Waals surface area contributed by atoms with Crippen LogP contribution in [-0.2, 0) is 4.79 Å². The number of carbonyl (C=O) groups excluding carboxylic acids is 2. The van der Waals surface area contributed by atoms with Crippen molar-refractivity contribution in [3.63, 3.8) is 0 Å². The first-order chi connectivity index (χ1) is 6.75. The number of pyridine rings is 1. The molecule has 1 N–H and O–H groups in total. The molecule has 0 bridgehead atoms. The summed E-state index contributed by atoms with van der Waals surface area (Å²) in [4.78, 5) is 27.8. The summed E-state index contributed by atoms with van der Waals surface area (Å²) in [5.41, 5.74) is 1.73. The summed E-state index contributed by atoms with van der Waals surface area (Å²) in [5, 5.41) is 6.41. The molecule has 3 rings (SSSR count). The summed E-state index contributed by atoms with van der Waals surface area (Å²) in [6.07, 6.45) is 3.02. The summed E-state index contributed by atoms with van der Waals surface area (Å²) in [6.45, 7) is 0.0341. The number of rotatable bonds is 0. The molecule has 14 heavy (non-hydrogen) atoms. The Labute approximate surface area is 78.9 Å². The quantitative estimate of drug-likeness (QED) is 0.633. The van der Waals surface area contributed by atoms with Crippen LogP contribution < -0.4 is 15.5 Å². The Morgan fingerprint density at radius 3 is 3.07 bits per heavy atom. The van der Waals surface area contributed by atoms with Crippen LogP contribution in [-0.4, -0.2) is 23.5 Å². The average Bonchev–Trinajstić information content (AvgIpc) is 2.45. The van der Waals surface area contributed by atoms with Crippen LogP contribution in [0.2, 0.25) is 0 Å². The van der Waals surface area contributed by atoms with Crippen molar-refractivity contribution in [3.05, 3.63) is 12.4 Å². The fourth-order valence-corrected chi connectivity index (χ4v) is 1.64. The molecule has 69 valence electrons. The highest BCUT2D eigenvalue weighted by Gasteiger charge is 2.36. The van der Waals surface area contributed by atoms with Crippen LogP contribution in [0.1, 0.15) is 0 Å². The number of nitrogens with zero attached hydrogens (tertiary/aromatic N) is 3. The predicted octanol–water partition coefficient (Wildman–Crippen LogP) is 0.210. The second kappa shape index (κ2) is 2.22. The number of hydrogen-bond donors (Lipinski definition) is 1. The lowest BCUT2D eigenvalue weighted by atomic mass is 10.2. The van der Waals surface area contributed by atoms with Crippen molar-refractivity contribution in [1.29, 1.82) is 0 Å². The molecule has 3 heterocycles. The van der Waals surface area contributed by atoms with Crippen molar-refractivity contribution in [2.75, 3.05) is 16.8 Å². The zero-order chi connectivity index (χ0) is 9.71. The standard InChI is InChI=1S/C8H5N4O2/c13-6-3-12-7-4(10-6)1-9-2-5(7)11-8(12)14/h1-2H,3H2,(H,10,13). The molecule has 2 aliphatic rings. The number of amides is 3. The number of urea groups is 1. The molecule has 0 spiro atoms. The lowest BCUT2D eigenvalue weighted by Gasteiger charge is -2.22. The van der Waals surface area contributed by atoms with E-state index in [0.29, 0.717) is 17.1 Å². The van der Waals surface area contributed by atoms with Gasteiger partial charge in [-0.15, -0.1) is 0 Å². The zero-order valence-electron chi connectivity index (χ0n) is 7.02. The van der Waals surface area contributed by atoms with Gasteiger partial charge in [-0.05, 0) is 0 Å². The minimum atomic E-state index is -0.399. The molecular weight excluding hydrogens is 184 g/mol. The Bertz CT molecular complexity index is 457. The number of hydrogen-bond acceptors (Lipinski definition) is 3. The molecule has 0 unspecified atom stereocenters. The van der Waals surface area contributed by atoms with Gasteiger partial charge in [0.25, 0.3) is 0 Å². The molecular formula is C8H5N4O2. The van der Waals surface area contributed by atoms with E-state index >= 15 is 0 Å². The van der Waals surface area contributed by atoms with Gasteiger partial charge in [-0.3, -0.25) is 14.7 Å². The van der Waals surface area contributed by atoms with Crippen molar-refractivity contribution >= 4 is 29.0 Å². The molecule has 0 aliphatic carbocycles. The first-order valence-electron chi connectivity index (χ1n) is 4.07. The highest BCUT2D eigenvalue weighted by molar-refractivity contribution is 6.16. The van der Waals surface area contributed by atoms with Crippen molar-refractivity contribution in [2.24, 2.45) is 0 Å². The zero-order valence-corrected chi connectivity index (χ0v) is 7.02. The normalized spacial score (nSPS) is 17.6. The van der Waals surface area contributed by atoms with Crippen LogP contribution in [0.15, 0.2) is 12.4 Å². The maximum atomic E-state index is 11.3. The average molecular weight is 189 g/mol. The fraction of sp³-hybridized carbons (Fsp3) is 0.125. The number of anilines is 2. The molecule has 3 amide bonds. The van der Waals surface area contributed by atoms with E-state index in [1.165, 1.54) is 17.3 Å². The largest absolute Gasteiger partial charge is 0.349 e. The van der Waals surface area contributed by atoms with Gasteiger partial charge in [-0.1, -0.05) is 0 Å². The first-order valence-corrected chi connectivity index (χ1v) is 4.07. The van der Waals surface area contributed by atoms with E-state index in [2.05, 4.69) is 15.6 Å². The Morgan fingerprint density at radius 1 is 1.36 bits per heavy atom. The minimum Gasteiger partial charge on any atom is -0.321 e. The van der Waals surface area contributed by atoms with E-state index in [0.717, 1.165) is 0 Å². The van der Waals surface area contributed by atoms with Gasteiger partial charge in [0.2, 0.25) is 5.91 Å². The summed E-state index contributed by atoms with van der Waals surface area (Å²) in [6, 6.07) is -0.399. The van der Waals surface area contributed by atoms with Gasteiger partial charge in [-0.25, -0.2) is 4.79 Å². The minimum absolute atomic E-state index is 0.0341. The van der Waals surface area contributed by atoms with Gasteiger partial charge in [0, 0.05) is 0 Å². The molecule has 1 aromatic rings. The molecule has 0 aromatic carbocycles. The van der Waals surface area contributed by atoms with Crippen molar-refractivity contribution < 1.29 is 9.59 Å². The maximum Gasteiger partial charge on any atom is 0.349 e. The topological polar surface area (TPSA) is 76.4 Å². The van der Waals surface area contributed by atoms with Crippen LogP contribution in [0.3, 0.4) is 0 Å². The Balaban J connectivity index is 2.25. The SMILES string of the molecule is O=C1CN2C(=O)[N]c3cncc(c32)N1. The molecule has 6 nitrogen and oxygen atoms in total. The molecule has 0 saturated carbocycles. The van der Waals surface area contributed by atoms with Crippen molar-refractivity contribution in [1.82, 2.24) is 10.3 Å². The smallest absolute Gasteiger partial charge is 0.321 e. The molecule has 2 aliphatic heterocycles. The van der Waals surface area contributed by atoms with Crippen LogP contribution in [0.4, 0.5) is 21.9 Å². The summed E-state index contributed by atoms with van der Waals surface area (Å²) >= 11 is 0. The molecule has 0 fully saturated rings. The van der Waals surface area contributed by atoms with Crippen LogP contribution in [0.5, 0.6) is 0 Å². The number of nitrogens with one attached hydrogen (secondary N) is 1. The molecule has 1 aromatic heterocycles. The van der Waals surface area contributed by atoms with E-state index in [1.54, 1.807) is 0 Å². The summed E-state index contributed by atoms with van der Waals surface area (Å²) < 4.78 is 0. The van der Waals surface area contributed by atoms with E-state index in [4.69, 9.17) is 0 Å². The van der Waals surface area contributed by atoms with E-state index < -0.39 is 6.03 Å². The Kier molecular flexibility index (Phi) is 1.16. The Hall–Kier alpha value is -2.11. The van der Waals surface area contributed by atoms with Crippen LogP contribution in [0, 0.1) is 0 Å². The second-order valence-corrected chi connectivity index (χ2v) is 3.08. The van der Waals surface area contributed by atoms with Gasteiger partial charge in [-0.2, -0.15) is 5.32 Å². The highest BCUT2D eigenvalue weighted by Crippen LogP contribution is 2.40. The van der Waals surface area contributed by atoms with Gasteiger partial charge >= 0.3 is 6.03 Å². The predicted molar refractivity (Wildman–Crippen MR) is 47.4 cm³/mol. The van der Waals surface area contributed by atoms with Gasteiger partial charge < -0.3 is 5.32 Å². The highest BCUT2D eigenvalue weighted by atomic mass is 16.2. The summed E-state index contributed by atoms with van der Waals surface area (Å²) in [5.74, 6) is -0.220. The number of carbonyl (C=O) groups is 2. The van der Waals surface area contributed by atoms with E-state index in [-0.39, 0.29) is 12.5 Å². The van der Waals surface area contributed by atoms with Crippen molar-refractivity contribution in [3.8, 4) is 0 Å². The monoisotopic (exact) mass is 189 g/mol. The van der Waals surface area contributed by atoms with Gasteiger partial charge in [0.15, 0.2) is 0 Å². The third-order valence-electron chi connectivity index (χ3n) is 2.19. The second-order valence-electron chi connectivity index (χ2n) is 3.08. The third kappa shape index (κ3) is 0.769. The molecule has 0 saturated heterocycles. The van der Waals surface area contributed by atoms with Crippen LogP contribution in [0.25, 0.3) is 0 Å². The third-order valence-corrected chi connectivity index (χ3v) is 2.19. The molecule has 1 radical (unpaired) electrons. The first kappa shape index (κ1) is 7.31. The fourth-order valence-electron chi connectivity index (χ4n) is 1.64. The summed E-state index contributed by atoms with van der Waals surface area (Å²) in [7, 11) is 0. The van der Waals surface area contributed by atoms with E-state index in [9.17, 15) is 9.59 Å². The van der Waals surface area contributed by atoms with E-state index in [1.807, 2.05) is 0 Å². The lowest BCUT2D eigenvalue weighted by molar-refractivity contribution is -0.115. The van der Waals surface area contributed by atoms with Crippen molar-refractivity contribution in [2.45, 2.75) is 0 Å². The van der Waals surface area contributed by atoms with Gasteiger partial charge in [0.05, 0.1) is 23.8 Å². The molecule has 6 heteroatoms. The Morgan fingerprint density at radius 2 is 2.21 bits per heavy atom. The molecule has 0 atom stereocenters. The van der Waals surface area contributed by atoms with Crippen LogP contribution >= 0.6 is 0 Å². The lowest BCUT2D eigenvalue weighted by Crippen LogP contribution is -2.39. The number of aromatic nitrogens is 1.